The minimum atomic E-state index is -0.380. The van der Waals surface area contributed by atoms with Crippen molar-refractivity contribution in [2.24, 2.45) is 0 Å². The van der Waals surface area contributed by atoms with Crippen LogP contribution in [0.5, 0.6) is 5.75 Å². The van der Waals surface area contributed by atoms with Crippen LogP contribution in [-0.2, 0) is 11.3 Å². The Kier molecular flexibility index (Phi) is 6.02. The Morgan fingerprint density at radius 3 is 2.52 bits per heavy atom. The summed E-state index contributed by atoms with van der Waals surface area (Å²) in [6.07, 6.45) is 1.95. The largest absolute Gasteiger partial charge is 0.492 e. The number of likely N-dealkylation sites (tertiary alicyclic amines) is 1. The van der Waals surface area contributed by atoms with E-state index < -0.39 is 0 Å². The highest BCUT2D eigenvalue weighted by molar-refractivity contribution is 6.06. The summed E-state index contributed by atoms with van der Waals surface area (Å²) < 4.78 is 6.95. The smallest absolute Gasteiger partial charge is 0.254 e. The number of anilines is 1. The van der Waals surface area contributed by atoms with E-state index in [1.165, 1.54) is 10.6 Å². The third kappa shape index (κ3) is 4.30. The highest BCUT2D eigenvalue weighted by atomic mass is 16.5. The number of para-hydroxylation sites is 3. The first kappa shape index (κ1) is 20.7. The number of hydrogen-bond acceptors (Lipinski definition) is 4. The topological polar surface area (TPSA) is 80.6 Å². The summed E-state index contributed by atoms with van der Waals surface area (Å²) >= 11 is 0. The molecule has 3 aromatic rings. The second kappa shape index (κ2) is 9.04. The van der Waals surface area contributed by atoms with Crippen molar-refractivity contribution in [1.29, 1.82) is 0 Å². The van der Waals surface area contributed by atoms with Gasteiger partial charge < -0.3 is 15.0 Å². The second-order valence-electron chi connectivity index (χ2n) is 7.48. The molecule has 1 saturated heterocycles. The molecule has 1 aliphatic rings. The first-order valence-electron chi connectivity index (χ1n) is 10.5. The van der Waals surface area contributed by atoms with Crippen LogP contribution in [0.15, 0.2) is 59.4 Å². The number of carbonyl (C=O) groups is 2. The standard InChI is InChI=1S/C24H25N3O4/c1-2-31-21-12-6-4-10-19(21)25-22(28)16-27-20-11-5-3-9-17(20)18(15-23(27)29)24(30)26-13-7-8-14-26/h3-6,9-12,15H,2,7-8,13-14,16H2,1H3,(H,25,28). The zero-order chi connectivity index (χ0) is 21.8. The third-order valence-electron chi connectivity index (χ3n) is 5.41. The van der Waals surface area contributed by atoms with Crippen LogP contribution >= 0.6 is 0 Å². The van der Waals surface area contributed by atoms with Crippen LogP contribution in [0.2, 0.25) is 0 Å². The number of amides is 2. The second-order valence-corrected chi connectivity index (χ2v) is 7.48. The molecule has 7 nitrogen and oxygen atoms in total. The van der Waals surface area contributed by atoms with E-state index in [1.807, 2.05) is 25.1 Å². The van der Waals surface area contributed by atoms with Crippen LogP contribution in [0.1, 0.15) is 30.1 Å². The fourth-order valence-electron chi connectivity index (χ4n) is 3.95. The van der Waals surface area contributed by atoms with Crippen LogP contribution in [0.4, 0.5) is 5.69 Å². The molecule has 2 heterocycles. The number of aromatic nitrogens is 1. The van der Waals surface area contributed by atoms with Gasteiger partial charge >= 0.3 is 0 Å². The SMILES string of the molecule is CCOc1ccccc1NC(=O)Cn1c(=O)cc(C(=O)N2CCCC2)c2ccccc21. The lowest BCUT2D eigenvalue weighted by Crippen LogP contribution is -2.32. The molecule has 0 unspecified atom stereocenters. The molecule has 0 atom stereocenters. The van der Waals surface area contributed by atoms with Crippen LogP contribution in [-0.4, -0.2) is 41.0 Å². The van der Waals surface area contributed by atoms with Crippen molar-refractivity contribution in [1.82, 2.24) is 9.47 Å². The van der Waals surface area contributed by atoms with E-state index in [-0.39, 0.29) is 23.9 Å². The molecule has 1 aliphatic heterocycles. The first-order chi connectivity index (χ1) is 15.1. The molecule has 2 amide bonds. The van der Waals surface area contributed by atoms with E-state index in [0.29, 0.717) is 47.6 Å². The highest BCUT2D eigenvalue weighted by Gasteiger charge is 2.23. The first-order valence-corrected chi connectivity index (χ1v) is 10.5. The number of pyridine rings is 1. The van der Waals surface area contributed by atoms with Crippen molar-refractivity contribution in [2.75, 3.05) is 25.0 Å². The van der Waals surface area contributed by atoms with Gasteiger partial charge in [0.1, 0.15) is 12.3 Å². The van der Waals surface area contributed by atoms with Crippen molar-refractivity contribution in [3.8, 4) is 5.75 Å². The van der Waals surface area contributed by atoms with Crippen molar-refractivity contribution in [3.63, 3.8) is 0 Å². The summed E-state index contributed by atoms with van der Waals surface area (Å²) in [7, 11) is 0. The van der Waals surface area contributed by atoms with Gasteiger partial charge in [0.25, 0.3) is 11.5 Å². The lowest BCUT2D eigenvalue weighted by Gasteiger charge is -2.18. The number of rotatable bonds is 6. The predicted molar refractivity (Wildman–Crippen MR) is 120 cm³/mol. The highest BCUT2D eigenvalue weighted by Crippen LogP contribution is 2.24. The number of nitrogens with one attached hydrogen (secondary N) is 1. The maximum atomic E-state index is 13.0. The molecule has 31 heavy (non-hydrogen) atoms. The Bertz CT molecular complexity index is 1180. The number of ether oxygens (including phenoxy) is 1. The number of fused-ring (bicyclic) bond motifs is 1. The summed E-state index contributed by atoms with van der Waals surface area (Å²) in [6, 6.07) is 15.7. The minimum Gasteiger partial charge on any atom is -0.492 e. The molecule has 1 aromatic heterocycles. The molecule has 160 valence electrons. The summed E-state index contributed by atoms with van der Waals surface area (Å²) in [5, 5.41) is 3.49. The maximum Gasteiger partial charge on any atom is 0.254 e. The molecule has 0 spiro atoms. The van der Waals surface area contributed by atoms with Gasteiger partial charge in [-0.2, -0.15) is 0 Å². The number of benzene rings is 2. The number of carbonyl (C=O) groups excluding carboxylic acids is 2. The maximum absolute atomic E-state index is 13.0. The van der Waals surface area contributed by atoms with Crippen molar-refractivity contribution in [3.05, 3.63) is 70.5 Å². The monoisotopic (exact) mass is 419 g/mol. The van der Waals surface area contributed by atoms with E-state index in [4.69, 9.17) is 4.74 Å². The average molecular weight is 419 g/mol. The van der Waals surface area contributed by atoms with Gasteiger partial charge in [-0.25, -0.2) is 0 Å². The number of hydrogen-bond donors (Lipinski definition) is 1. The molecule has 0 aliphatic carbocycles. The Morgan fingerprint density at radius 1 is 1.03 bits per heavy atom. The van der Waals surface area contributed by atoms with E-state index in [2.05, 4.69) is 5.32 Å². The molecular formula is C24H25N3O4. The van der Waals surface area contributed by atoms with E-state index in [0.717, 1.165) is 12.8 Å². The zero-order valence-corrected chi connectivity index (χ0v) is 17.5. The van der Waals surface area contributed by atoms with E-state index >= 15 is 0 Å². The van der Waals surface area contributed by atoms with Crippen molar-refractivity contribution >= 4 is 28.4 Å². The summed E-state index contributed by atoms with van der Waals surface area (Å²) in [4.78, 5) is 40.4. The van der Waals surface area contributed by atoms with Crippen molar-refractivity contribution in [2.45, 2.75) is 26.3 Å². The van der Waals surface area contributed by atoms with Crippen LogP contribution in [0.25, 0.3) is 10.9 Å². The van der Waals surface area contributed by atoms with Gasteiger partial charge in [-0.3, -0.25) is 19.0 Å². The Balaban J connectivity index is 1.65. The molecule has 2 aromatic carbocycles. The fourth-order valence-corrected chi connectivity index (χ4v) is 3.95. The summed E-state index contributed by atoms with van der Waals surface area (Å²) in [6.45, 7) is 3.59. The van der Waals surface area contributed by atoms with E-state index in [9.17, 15) is 14.4 Å². The normalized spacial score (nSPS) is 13.4. The van der Waals surface area contributed by atoms with Crippen LogP contribution in [0.3, 0.4) is 0 Å². The Morgan fingerprint density at radius 2 is 1.74 bits per heavy atom. The van der Waals surface area contributed by atoms with Crippen LogP contribution < -0.4 is 15.6 Å². The molecule has 0 radical (unpaired) electrons. The molecule has 7 heteroatoms. The molecule has 1 fully saturated rings. The molecule has 0 bridgehead atoms. The van der Waals surface area contributed by atoms with Gasteiger partial charge in [-0.15, -0.1) is 0 Å². The average Bonchev–Trinajstić information content (AvgIpc) is 3.31. The van der Waals surface area contributed by atoms with Gasteiger partial charge in [-0.1, -0.05) is 30.3 Å². The van der Waals surface area contributed by atoms with Crippen molar-refractivity contribution < 1.29 is 14.3 Å². The Labute approximate surface area is 180 Å². The molecule has 0 saturated carbocycles. The summed E-state index contributed by atoms with van der Waals surface area (Å²) in [5.41, 5.74) is 1.12. The minimum absolute atomic E-state index is 0.131. The predicted octanol–water partition coefficient (Wildman–Crippen LogP) is 3.27. The summed E-state index contributed by atoms with van der Waals surface area (Å²) in [5.74, 6) is 0.0909. The number of nitrogens with zero attached hydrogens (tertiary/aromatic N) is 2. The van der Waals surface area contributed by atoms with E-state index in [1.54, 1.807) is 35.2 Å². The third-order valence-corrected chi connectivity index (χ3v) is 5.41. The van der Waals surface area contributed by atoms with Gasteiger partial charge in [0.2, 0.25) is 5.91 Å². The van der Waals surface area contributed by atoms with Gasteiger partial charge in [0.05, 0.1) is 23.4 Å². The zero-order valence-electron chi connectivity index (χ0n) is 17.5. The molecule has 4 rings (SSSR count). The quantitative estimate of drug-likeness (QED) is 0.665. The van der Waals surface area contributed by atoms with Crippen LogP contribution in [0, 0.1) is 0 Å². The molecular weight excluding hydrogens is 394 g/mol. The van der Waals surface area contributed by atoms with Gasteiger partial charge in [0, 0.05) is 24.5 Å². The lowest BCUT2D eigenvalue weighted by molar-refractivity contribution is -0.116. The van der Waals surface area contributed by atoms with Gasteiger partial charge in [-0.05, 0) is 38.0 Å². The lowest BCUT2D eigenvalue weighted by atomic mass is 10.1. The Hall–Kier alpha value is -3.61. The fraction of sp³-hybridized carbons (Fsp3) is 0.292. The van der Waals surface area contributed by atoms with Gasteiger partial charge in [0.15, 0.2) is 0 Å². The molecule has 1 N–H and O–H groups in total.